The van der Waals surface area contributed by atoms with Crippen molar-refractivity contribution >= 4 is 17.8 Å². The molecular weight excluding hydrogens is 388 g/mol. The van der Waals surface area contributed by atoms with E-state index in [1.54, 1.807) is 0 Å². The summed E-state index contributed by atoms with van der Waals surface area (Å²) >= 11 is 0. The van der Waals surface area contributed by atoms with E-state index in [0.29, 0.717) is 25.2 Å². The molecule has 0 atom stereocenters. The number of aryl methyl sites for hydroxylation is 1. The first-order valence-electron chi connectivity index (χ1n) is 12.6. The second kappa shape index (κ2) is 18.8. The summed E-state index contributed by atoms with van der Waals surface area (Å²) in [7, 11) is 0. The van der Waals surface area contributed by atoms with Crippen LogP contribution in [0.15, 0.2) is 0 Å². The van der Waals surface area contributed by atoms with Crippen LogP contribution in [0, 0.1) is 0 Å². The third-order valence-electron chi connectivity index (χ3n) is 5.62. The van der Waals surface area contributed by atoms with Crippen LogP contribution >= 0.6 is 0 Å². The number of nitrogen functional groups attached to an aromatic ring is 2. The smallest absolute Gasteiger partial charge is 0.225 e. The summed E-state index contributed by atoms with van der Waals surface area (Å²) in [5.41, 5.74) is 11.1. The zero-order chi connectivity index (χ0) is 22.6. The van der Waals surface area contributed by atoms with Crippen molar-refractivity contribution in [2.45, 2.75) is 122 Å². The fourth-order valence-electron chi connectivity index (χ4n) is 3.79. The minimum atomic E-state index is 0.129. The van der Waals surface area contributed by atoms with Crippen LogP contribution in [0.1, 0.15) is 122 Å². The fraction of sp³-hybridized carbons (Fsp3) is 0.833. The van der Waals surface area contributed by atoms with Gasteiger partial charge in [-0.25, -0.2) is 0 Å². The number of nitrogens with one attached hydrogen (secondary N) is 1. The van der Waals surface area contributed by atoms with E-state index in [4.69, 9.17) is 11.5 Å². The van der Waals surface area contributed by atoms with Gasteiger partial charge in [0.25, 0.3) is 0 Å². The van der Waals surface area contributed by atoms with Gasteiger partial charge in [0.1, 0.15) is 5.82 Å². The molecule has 0 spiro atoms. The maximum atomic E-state index is 11.9. The highest BCUT2D eigenvalue weighted by atomic mass is 16.1. The second-order valence-electron chi connectivity index (χ2n) is 8.62. The minimum absolute atomic E-state index is 0.129. The lowest BCUT2D eigenvalue weighted by atomic mass is 10.0. The van der Waals surface area contributed by atoms with Gasteiger partial charge in [0.05, 0.1) is 0 Å². The molecule has 5 N–H and O–H groups in total. The number of amides is 1. The van der Waals surface area contributed by atoms with Crippen LogP contribution in [-0.2, 0) is 11.2 Å². The number of nitrogens with zero attached hydrogens (tertiary/aromatic N) is 3. The van der Waals surface area contributed by atoms with Crippen molar-refractivity contribution in [3.8, 4) is 0 Å². The summed E-state index contributed by atoms with van der Waals surface area (Å²) in [6.45, 7) is 2.89. The molecule has 31 heavy (non-hydrogen) atoms. The third-order valence-corrected chi connectivity index (χ3v) is 5.62. The molecule has 1 aromatic heterocycles. The number of carbonyl (C=O) groups is 1. The number of aromatic nitrogens is 3. The number of hydrogen-bond acceptors (Lipinski definition) is 6. The molecule has 0 saturated heterocycles. The Balaban J connectivity index is 1.82. The van der Waals surface area contributed by atoms with E-state index in [1.165, 1.54) is 83.5 Å². The molecule has 178 valence electrons. The van der Waals surface area contributed by atoms with Crippen LogP contribution in [0.25, 0.3) is 0 Å². The molecule has 1 heterocycles. The first-order valence-corrected chi connectivity index (χ1v) is 12.6. The van der Waals surface area contributed by atoms with E-state index in [2.05, 4.69) is 27.2 Å². The van der Waals surface area contributed by atoms with Crippen molar-refractivity contribution in [2.24, 2.45) is 0 Å². The van der Waals surface area contributed by atoms with Gasteiger partial charge in [-0.3, -0.25) is 4.79 Å². The number of hydrogen-bond donors (Lipinski definition) is 3. The summed E-state index contributed by atoms with van der Waals surface area (Å²) in [6, 6.07) is 0. The van der Waals surface area contributed by atoms with Crippen LogP contribution in [0.4, 0.5) is 11.9 Å². The summed E-state index contributed by atoms with van der Waals surface area (Å²) in [5, 5.41) is 2.96. The first-order chi connectivity index (χ1) is 15.1. The number of anilines is 2. The SMILES string of the molecule is CCCCCCCCCCCCCCCCCC(=O)NCCCc1nc(N)nc(N)n1. The average Bonchev–Trinajstić information content (AvgIpc) is 2.73. The highest BCUT2D eigenvalue weighted by Gasteiger charge is 2.04. The lowest BCUT2D eigenvalue weighted by Gasteiger charge is -2.06. The van der Waals surface area contributed by atoms with Crippen LogP contribution in [-0.4, -0.2) is 27.4 Å². The third kappa shape index (κ3) is 16.4. The molecule has 0 fully saturated rings. The van der Waals surface area contributed by atoms with Gasteiger partial charge < -0.3 is 16.8 Å². The number of nitrogens with two attached hydrogens (primary N) is 2. The first kappa shape index (κ1) is 27.1. The van der Waals surface area contributed by atoms with Crippen molar-refractivity contribution < 1.29 is 4.79 Å². The Hall–Kier alpha value is -1.92. The zero-order valence-electron chi connectivity index (χ0n) is 19.8. The zero-order valence-corrected chi connectivity index (χ0v) is 19.8. The van der Waals surface area contributed by atoms with Crippen molar-refractivity contribution in [1.82, 2.24) is 20.3 Å². The summed E-state index contributed by atoms with van der Waals surface area (Å²) in [4.78, 5) is 23.7. The van der Waals surface area contributed by atoms with Gasteiger partial charge in [0, 0.05) is 19.4 Å². The van der Waals surface area contributed by atoms with Gasteiger partial charge >= 0.3 is 0 Å². The second-order valence-corrected chi connectivity index (χ2v) is 8.62. The Labute approximate surface area is 189 Å². The molecule has 0 aliphatic rings. The van der Waals surface area contributed by atoms with Crippen LogP contribution in [0.5, 0.6) is 0 Å². The highest BCUT2D eigenvalue weighted by Crippen LogP contribution is 2.13. The van der Waals surface area contributed by atoms with Gasteiger partial charge in [-0.2, -0.15) is 15.0 Å². The number of carbonyl (C=O) groups excluding carboxylic acids is 1. The van der Waals surface area contributed by atoms with Gasteiger partial charge in [0.2, 0.25) is 17.8 Å². The van der Waals surface area contributed by atoms with E-state index in [9.17, 15) is 4.79 Å². The predicted octanol–water partition coefficient (Wildman–Crippen LogP) is 5.35. The lowest BCUT2D eigenvalue weighted by molar-refractivity contribution is -0.121. The van der Waals surface area contributed by atoms with Crippen LogP contribution < -0.4 is 16.8 Å². The van der Waals surface area contributed by atoms with E-state index in [-0.39, 0.29) is 17.8 Å². The Kier molecular flexibility index (Phi) is 16.5. The molecule has 1 amide bonds. The van der Waals surface area contributed by atoms with E-state index >= 15 is 0 Å². The van der Waals surface area contributed by atoms with Gasteiger partial charge in [-0.1, -0.05) is 96.8 Å². The van der Waals surface area contributed by atoms with E-state index in [1.807, 2.05) is 0 Å². The van der Waals surface area contributed by atoms with Gasteiger partial charge in [0.15, 0.2) is 0 Å². The predicted molar refractivity (Wildman–Crippen MR) is 130 cm³/mol. The molecule has 1 aromatic rings. The number of rotatable bonds is 20. The van der Waals surface area contributed by atoms with Crippen LogP contribution in [0.2, 0.25) is 0 Å². The molecule has 1 rings (SSSR count). The molecule has 0 saturated carbocycles. The Morgan fingerprint density at radius 2 is 1.13 bits per heavy atom. The number of unbranched alkanes of at least 4 members (excludes halogenated alkanes) is 14. The average molecular weight is 435 g/mol. The maximum Gasteiger partial charge on any atom is 0.225 e. The molecule has 0 unspecified atom stereocenters. The normalized spacial score (nSPS) is 11.0. The standard InChI is InChI=1S/C24H46N6O/c1-2-3-4-5-6-7-8-9-10-11-12-13-14-15-16-19-22(31)27-20-17-18-21-28-23(25)30-24(26)29-21/h2-20H2,1H3,(H,27,31)(H4,25,26,28,29,30). The molecule has 7 heteroatoms. The highest BCUT2D eigenvalue weighted by molar-refractivity contribution is 5.75. The van der Waals surface area contributed by atoms with Crippen molar-refractivity contribution in [1.29, 1.82) is 0 Å². The monoisotopic (exact) mass is 434 g/mol. The molecule has 7 nitrogen and oxygen atoms in total. The Morgan fingerprint density at radius 3 is 1.61 bits per heavy atom. The Bertz CT molecular complexity index is 561. The quantitative estimate of drug-likeness (QED) is 0.238. The summed E-state index contributed by atoms with van der Waals surface area (Å²) in [5.74, 6) is 0.977. The lowest BCUT2D eigenvalue weighted by Crippen LogP contribution is -2.24. The van der Waals surface area contributed by atoms with Crippen molar-refractivity contribution in [3.63, 3.8) is 0 Å². The molecule has 0 aliphatic carbocycles. The summed E-state index contributed by atoms with van der Waals surface area (Å²) in [6.07, 6.45) is 22.0. The summed E-state index contributed by atoms with van der Waals surface area (Å²) < 4.78 is 0. The maximum absolute atomic E-state index is 11.9. The topological polar surface area (TPSA) is 120 Å². The molecule has 0 aromatic carbocycles. The Morgan fingerprint density at radius 1 is 0.677 bits per heavy atom. The van der Waals surface area contributed by atoms with Crippen molar-refractivity contribution in [2.75, 3.05) is 18.0 Å². The van der Waals surface area contributed by atoms with E-state index < -0.39 is 0 Å². The van der Waals surface area contributed by atoms with Crippen molar-refractivity contribution in [3.05, 3.63) is 5.82 Å². The van der Waals surface area contributed by atoms with Crippen LogP contribution in [0.3, 0.4) is 0 Å². The molecule has 0 radical (unpaired) electrons. The largest absolute Gasteiger partial charge is 0.368 e. The molecular formula is C24H46N6O. The van der Waals surface area contributed by atoms with Gasteiger partial charge in [-0.05, 0) is 12.8 Å². The van der Waals surface area contributed by atoms with Gasteiger partial charge in [-0.15, -0.1) is 0 Å². The van der Waals surface area contributed by atoms with E-state index in [0.717, 1.165) is 19.3 Å². The minimum Gasteiger partial charge on any atom is -0.368 e. The fourth-order valence-corrected chi connectivity index (χ4v) is 3.79. The molecule has 0 bridgehead atoms. The molecule has 0 aliphatic heterocycles.